The van der Waals surface area contributed by atoms with E-state index in [1.54, 1.807) is 11.1 Å². The molecule has 0 aliphatic rings. The Bertz CT molecular complexity index is 943. The molecule has 0 radical (unpaired) electrons. The highest BCUT2D eigenvalue weighted by Crippen LogP contribution is 2.27. The van der Waals surface area contributed by atoms with E-state index in [0.29, 0.717) is 0 Å². The van der Waals surface area contributed by atoms with Gasteiger partial charge in [-0.3, -0.25) is 0 Å². The second kappa shape index (κ2) is 6.76. The fourth-order valence-electron chi connectivity index (χ4n) is 2.31. The maximum atomic E-state index is 12.7. The first-order valence-corrected chi connectivity index (χ1v) is 7.44. The molecule has 0 aliphatic carbocycles. The fourth-order valence-corrected chi connectivity index (χ4v) is 2.31. The Morgan fingerprint density at radius 1 is 0.880 bits per heavy atom. The monoisotopic (exact) mass is 342 g/mol. The van der Waals surface area contributed by atoms with Gasteiger partial charge in [-0.1, -0.05) is 60.7 Å². The summed E-state index contributed by atoms with van der Waals surface area (Å²) in [6.07, 6.45) is -1.64. The first kappa shape index (κ1) is 16.7. The van der Waals surface area contributed by atoms with E-state index in [9.17, 15) is 18.0 Å². The van der Waals surface area contributed by atoms with Gasteiger partial charge in [0.1, 0.15) is 5.69 Å². The van der Waals surface area contributed by atoms with Crippen molar-refractivity contribution in [3.8, 4) is 11.1 Å². The van der Waals surface area contributed by atoms with E-state index in [2.05, 4.69) is 4.98 Å². The number of H-pyrrole nitrogens is 1. The van der Waals surface area contributed by atoms with Crippen LogP contribution < -0.4 is 5.69 Å². The zero-order valence-electron chi connectivity index (χ0n) is 12.9. The summed E-state index contributed by atoms with van der Waals surface area (Å²) >= 11 is 0. The van der Waals surface area contributed by atoms with Crippen LogP contribution in [-0.2, 0) is 6.18 Å². The first-order chi connectivity index (χ1) is 11.9. The van der Waals surface area contributed by atoms with Gasteiger partial charge in [0.25, 0.3) is 0 Å². The number of nitrogens with one attached hydrogen (secondary N) is 1. The van der Waals surface area contributed by atoms with Crippen LogP contribution in [0.2, 0.25) is 0 Å². The summed E-state index contributed by atoms with van der Waals surface area (Å²) in [5, 5.41) is 0. The lowest BCUT2D eigenvalue weighted by atomic mass is 10.0. The average Bonchev–Trinajstić information content (AvgIpc) is 2.60. The van der Waals surface area contributed by atoms with Gasteiger partial charge in [-0.2, -0.15) is 18.2 Å². The fraction of sp³-hybridized carbons (Fsp3) is 0.0526. The lowest BCUT2D eigenvalue weighted by Crippen LogP contribution is -2.19. The van der Waals surface area contributed by atoms with Crippen molar-refractivity contribution in [2.24, 2.45) is 0 Å². The SMILES string of the molecule is O=c1nc(/C=C/c2ccc(-c3ccccc3)cc2)cc(C(F)(F)F)[nH]1. The van der Waals surface area contributed by atoms with Gasteiger partial charge in [-0.15, -0.1) is 0 Å². The highest BCUT2D eigenvalue weighted by molar-refractivity contribution is 5.71. The number of nitrogens with zero attached hydrogens (tertiary/aromatic N) is 1. The van der Waals surface area contributed by atoms with Crippen molar-refractivity contribution in [1.82, 2.24) is 9.97 Å². The molecule has 0 saturated carbocycles. The van der Waals surface area contributed by atoms with Crippen LogP contribution in [0.1, 0.15) is 17.0 Å². The topological polar surface area (TPSA) is 45.8 Å². The van der Waals surface area contributed by atoms with E-state index in [4.69, 9.17) is 0 Å². The number of aromatic amines is 1. The predicted octanol–water partition coefficient (Wildman–Crippen LogP) is 4.63. The van der Waals surface area contributed by atoms with Crippen molar-refractivity contribution >= 4 is 12.2 Å². The van der Waals surface area contributed by atoms with Gasteiger partial charge in [0, 0.05) is 0 Å². The van der Waals surface area contributed by atoms with Crippen LogP contribution in [0.5, 0.6) is 0 Å². The molecule has 0 bridgehead atoms. The number of benzene rings is 2. The highest BCUT2D eigenvalue weighted by atomic mass is 19.4. The summed E-state index contributed by atoms with van der Waals surface area (Å²) in [4.78, 5) is 16.5. The van der Waals surface area contributed by atoms with E-state index in [0.717, 1.165) is 22.8 Å². The van der Waals surface area contributed by atoms with Crippen LogP contribution in [0.25, 0.3) is 23.3 Å². The second-order valence-electron chi connectivity index (χ2n) is 5.34. The normalized spacial score (nSPS) is 11.8. The summed E-state index contributed by atoms with van der Waals surface area (Å²) in [5.41, 5.74) is 0.689. The molecule has 0 fully saturated rings. The van der Waals surface area contributed by atoms with Crippen LogP contribution in [0.3, 0.4) is 0 Å². The van der Waals surface area contributed by atoms with Crippen molar-refractivity contribution in [3.63, 3.8) is 0 Å². The molecule has 0 saturated heterocycles. The molecule has 25 heavy (non-hydrogen) atoms. The smallest absolute Gasteiger partial charge is 0.302 e. The molecule has 1 aromatic heterocycles. The number of halogens is 3. The summed E-state index contributed by atoms with van der Waals surface area (Å²) in [5.74, 6) is 0. The van der Waals surface area contributed by atoms with Gasteiger partial charge >= 0.3 is 11.9 Å². The molecule has 0 aliphatic heterocycles. The maximum Gasteiger partial charge on any atom is 0.431 e. The number of aromatic nitrogens is 2. The second-order valence-corrected chi connectivity index (χ2v) is 5.34. The minimum Gasteiger partial charge on any atom is -0.302 e. The first-order valence-electron chi connectivity index (χ1n) is 7.44. The Balaban J connectivity index is 1.83. The molecule has 126 valence electrons. The van der Waals surface area contributed by atoms with Crippen molar-refractivity contribution in [2.45, 2.75) is 6.18 Å². The van der Waals surface area contributed by atoms with Crippen LogP contribution in [0.4, 0.5) is 13.2 Å². The zero-order valence-corrected chi connectivity index (χ0v) is 12.9. The molecule has 0 spiro atoms. The third-order valence-corrected chi connectivity index (χ3v) is 3.53. The van der Waals surface area contributed by atoms with E-state index < -0.39 is 17.6 Å². The minimum absolute atomic E-state index is 0.0526. The van der Waals surface area contributed by atoms with Crippen LogP contribution in [0, 0.1) is 0 Å². The third-order valence-electron chi connectivity index (χ3n) is 3.53. The molecule has 0 atom stereocenters. The lowest BCUT2D eigenvalue weighted by Gasteiger charge is -2.05. The van der Waals surface area contributed by atoms with Crippen LogP contribution in [-0.4, -0.2) is 9.97 Å². The standard InChI is InChI=1S/C19H13F3N2O/c20-19(21,22)17-12-16(23-18(25)24-17)11-8-13-6-9-15(10-7-13)14-4-2-1-3-5-14/h1-12H,(H,23,24,25)/b11-8+. The van der Waals surface area contributed by atoms with E-state index in [1.807, 2.05) is 54.6 Å². The molecule has 0 amide bonds. The van der Waals surface area contributed by atoms with Gasteiger partial charge < -0.3 is 4.98 Å². The van der Waals surface area contributed by atoms with Gasteiger partial charge in [0.2, 0.25) is 0 Å². The molecule has 1 N–H and O–H groups in total. The Hall–Kier alpha value is -3.15. The Morgan fingerprint density at radius 3 is 2.16 bits per heavy atom. The summed E-state index contributed by atoms with van der Waals surface area (Å²) in [7, 11) is 0. The van der Waals surface area contributed by atoms with Gasteiger partial charge in [-0.05, 0) is 28.8 Å². The summed E-state index contributed by atoms with van der Waals surface area (Å²) in [6.45, 7) is 0. The molecule has 3 nitrogen and oxygen atoms in total. The molecular formula is C19H13F3N2O. The zero-order chi connectivity index (χ0) is 17.9. The minimum atomic E-state index is -4.62. The Labute approximate surface area is 141 Å². The van der Waals surface area contributed by atoms with E-state index in [1.165, 1.54) is 6.08 Å². The Kier molecular flexibility index (Phi) is 4.52. The predicted molar refractivity (Wildman–Crippen MR) is 90.7 cm³/mol. The number of rotatable bonds is 3. The summed E-state index contributed by atoms with van der Waals surface area (Å²) in [6, 6.07) is 18.1. The van der Waals surface area contributed by atoms with Crippen molar-refractivity contribution in [2.75, 3.05) is 0 Å². The molecule has 3 aromatic rings. The number of hydrogen-bond acceptors (Lipinski definition) is 2. The number of alkyl halides is 3. The summed E-state index contributed by atoms with van der Waals surface area (Å²) < 4.78 is 38.1. The molecule has 2 aromatic carbocycles. The lowest BCUT2D eigenvalue weighted by molar-refractivity contribution is -0.141. The average molecular weight is 342 g/mol. The van der Waals surface area contributed by atoms with Crippen LogP contribution in [0.15, 0.2) is 65.5 Å². The van der Waals surface area contributed by atoms with E-state index in [-0.39, 0.29) is 5.69 Å². The van der Waals surface area contributed by atoms with Gasteiger partial charge in [-0.25, -0.2) is 4.79 Å². The van der Waals surface area contributed by atoms with Crippen molar-refractivity contribution in [1.29, 1.82) is 0 Å². The largest absolute Gasteiger partial charge is 0.431 e. The Morgan fingerprint density at radius 2 is 1.52 bits per heavy atom. The third kappa shape index (κ3) is 4.23. The molecule has 1 heterocycles. The quantitative estimate of drug-likeness (QED) is 0.754. The van der Waals surface area contributed by atoms with Gasteiger partial charge in [0.05, 0.1) is 5.69 Å². The van der Waals surface area contributed by atoms with Gasteiger partial charge in [0.15, 0.2) is 0 Å². The maximum absolute atomic E-state index is 12.7. The molecular weight excluding hydrogens is 329 g/mol. The number of hydrogen-bond donors (Lipinski definition) is 1. The molecule has 3 rings (SSSR count). The van der Waals surface area contributed by atoms with E-state index >= 15 is 0 Å². The van der Waals surface area contributed by atoms with Crippen molar-refractivity contribution in [3.05, 3.63) is 88.1 Å². The van der Waals surface area contributed by atoms with Crippen molar-refractivity contribution < 1.29 is 13.2 Å². The molecule has 6 heteroatoms. The highest BCUT2D eigenvalue weighted by Gasteiger charge is 2.32. The molecule has 0 unspecified atom stereocenters. The van der Waals surface area contributed by atoms with Crippen LogP contribution >= 0.6 is 0 Å².